The first-order chi connectivity index (χ1) is 17.6. The minimum atomic E-state index is -4.63. The van der Waals surface area contributed by atoms with Gasteiger partial charge in [-0.2, -0.15) is 13.2 Å². The molecule has 1 heterocycles. The number of hydrogen-bond donors (Lipinski definition) is 0. The number of ether oxygens (including phenoxy) is 3. The lowest BCUT2D eigenvalue weighted by atomic mass is 9.91. The number of fused-ring (bicyclic) bond motifs is 2. The number of alkyl halides is 3. The van der Waals surface area contributed by atoms with Crippen LogP contribution in [0, 0.1) is 11.6 Å². The Morgan fingerprint density at radius 3 is 2.57 bits per heavy atom. The van der Waals surface area contributed by atoms with Crippen molar-refractivity contribution in [3.05, 3.63) is 93.5 Å². The van der Waals surface area contributed by atoms with Crippen LogP contribution in [0.2, 0.25) is 0 Å². The molecule has 0 radical (unpaired) electrons. The van der Waals surface area contributed by atoms with E-state index < -0.39 is 29.5 Å². The van der Waals surface area contributed by atoms with E-state index in [1.54, 1.807) is 12.1 Å². The van der Waals surface area contributed by atoms with Gasteiger partial charge >= 0.3 is 12.1 Å². The van der Waals surface area contributed by atoms with E-state index in [-0.39, 0.29) is 35.9 Å². The summed E-state index contributed by atoms with van der Waals surface area (Å²) in [6, 6.07) is 10.6. The number of halogens is 5. The molecular weight excluding hydrogens is 495 g/mol. The van der Waals surface area contributed by atoms with Crippen LogP contribution in [0.25, 0.3) is 0 Å². The lowest BCUT2D eigenvalue weighted by Crippen LogP contribution is -2.13. The van der Waals surface area contributed by atoms with Gasteiger partial charge in [0.1, 0.15) is 29.2 Å². The third kappa shape index (κ3) is 4.99. The minimum absolute atomic E-state index is 0.0121. The molecule has 0 saturated heterocycles. The van der Waals surface area contributed by atoms with E-state index in [1.807, 2.05) is 6.07 Å². The summed E-state index contributed by atoms with van der Waals surface area (Å²) < 4.78 is 85.9. The molecule has 9 heteroatoms. The Hall–Kier alpha value is -3.62. The number of hydrogen-bond acceptors (Lipinski definition) is 4. The molecule has 1 aliphatic carbocycles. The zero-order chi connectivity index (χ0) is 26.3. The zero-order valence-electron chi connectivity index (χ0n) is 19.8. The van der Waals surface area contributed by atoms with E-state index in [0.29, 0.717) is 48.1 Å². The van der Waals surface area contributed by atoms with Crippen LogP contribution in [0.4, 0.5) is 22.0 Å². The van der Waals surface area contributed by atoms with Crippen molar-refractivity contribution in [2.75, 3.05) is 13.7 Å². The highest BCUT2D eigenvalue weighted by molar-refractivity contribution is 5.71. The fraction of sp³-hybridized carbons (Fsp3) is 0.321. The first-order valence-corrected chi connectivity index (χ1v) is 11.8. The molecule has 0 fully saturated rings. The molecule has 2 aliphatic rings. The molecule has 3 aromatic rings. The smallest absolute Gasteiger partial charge is 0.416 e. The summed E-state index contributed by atoms with van der Waals surface area (Å²) in [5, 5.41) is 0. The molecule has 4 nitrogen and oxygen atoms in total. The van der Waals surface area contributed by atoms with E-state index in [1.165, 1.54) is 19.2 Å². The van der Waals surface area contributed by atoms with Crippen molar-refractivity contribution in [3.8, 4) is 11.5 Å². The summed E-state index contributed by atoms with van der Waals surface area (Å²) in [5.74, 6) is -1.07. The van der Waals surface area contributed by atoms with Crippen molar-refractivity contribution < 1.29 is 41.0 Å². The van der Waals surface area contributed by atoms with Crippen molar-refractivity contribution in [2.24, 2.45) is 0 Å². The van der Waals surface area contributed by atoms with Gasteiger partial charge in [0.25, 0.3) is 0 Å². The maximum atomic E-state index is 14.3. The van der Waals surface area contributed by atoms with Crippen LogP contribution in [0.3, 0.4) is 0 Å². The number of carbonyl (C=O) groups excluding carboxylic acids is 1. The van der Waals surface area contributed by atoms with Gasteiger partial charge in [-0.15, -0.1) is 0 Å². The molecule has 0 amide bonds. The van der Waals surface area contributed by atoms with Gasteiger partial charge in [-0.1, -0.05) is 18.2 Å². The number of rotatable bonds is 6. The molecule has 5 rings (SSSR count). The summed E-state index contributed by atoms with van der Waals surface area (Å²) >= 11 is 0. The quantitative estimate of drug-likeness (QED) is 0.270. The van der Waals surface area contributed by atoms with E-state index in [2.05, 4.69) is 0 Å². The number of benzene rings is 3. The van der Waals surface area contributed by atoms with Gasteiger partial charge in [-0.3, -0.25) is 4.79 Å². The normalized spacial score (nSPS) is 18.2. The fourth-order valence-corrected chi connectivity index (χ4v) is 5.13. The summed E-state index contributed by atoms with van der Waals surface area (Å²) in [4.78, 5) is 11.6. The van der Waals surface area contributed by atoms with Gasteiger partial charge in [0.15, 0.2) is 0 Å². The van der Waals surface area contributed by atoms with Crippen molar-refractivity contribution in [1.82, 2.24) is 0 Å². The highest BCUT2D eigenvalue weighted by Crippen LogP contribution is 2.44. The van der Waals surface area contributed by atoms with Crippen LogP contribution in [-0.4, -0.2) is 19.7 Å². The van der Waals surface area contributed by atoms with Gasteiger partial charge in [-0.05, 0) is 53.3 Å². The van der Waals surface area contributed by atoms with Crippen molar-refractivity contribution in [3.63, 3.8) is 0 Å². The maximum Gasteiger partial charge on any atom is 0.416 e. The number of esters is 1. The third-order valence-corrected chi connectivity index (χ3v) is 6.94. The second-order valence-corrected chi connectivity index (χ2v) is 9.20. The second kappa shape index (κ2) is 9.68. The van der Waals surface area contributed by atoms with Gasteiger partial charge in [-0.25, -0.2) is 8.78 Å². The van der Waals surface area contributed by atoms with Gasteiger partial charge in [0.05, 0.1) is 25.7 Å². The molecule has 0 spiro atoms. The van der Waals surface area contributed by atoms with Crippen LogP contribution >= 0.6 is 0 Å². The van der Waals surface area contributed by atoms with E-state index >= 15 is 0 Å². The zero-order valence-corrected chi connectivity index (χ0v) is 19.8. The summed E-state index contributed by atoms with van der Waals surface area (Å²) in [5.41, 5.74) is 1.07. The van der Waals surface area contributed by atoms with E-state index in [9.17, 15) is 26.7 Å². The Bertz CT molecular complexity index is 1350. The average molecular weight is 518 g/mol. The molecule has 0 aromatic heterocycles. The number of carbonyl (C=O) groups is 1. The summed E-state index contributed by atoms with van der Waals surface area (Å²) in [6.45, 7) is 0.337. The molecule has 2 atom stereocenters. The first-order valence-electron chi connectivity index (χ1n) is 11.8. The van der Waals surface area contributed by atoms with Crippen molar-refractivity contribution >= 4 is 5.97 Å². The van der Waals surface area contributed by atoms with Gasteiger partial charge < -0.3 is 14.2 Å². The topological polar surface area (TPSA) is 44.8 Å². The van der Waals surface area contributed by atoms with Crippen molar-refractivity contribution in [2.45, 2.75) is 43.9 Å². The summed E-state index contributed by atoms with van der Waals surface area (Å²) in [7, 11) is 1.33. The standard InChI is InChI=1S/C28H23F5O4/c1-35-27(34)11-16-14-36-26-13-18(4-5-19(16)26)37-25-9-7-20-21(25)6-8-23(28(31,32)33)22(20)10-15-2-3-17(29)12-24(15)30/h2-6,8,12-13,16,25H,7,9-11,14H2,1H3/t16-,25-/m1/s1. The highest BCUT2D eigenvalue weighted by atomic mass is 19.4. The van der Waals surface area contributed by atoms with Crippen LogP contribution in [0.15, 0.2) is 48.5 Å². The van der Waals surface area contributed by atoms with Crippen LogP contribution in [-0.2, 0) is 28.5 Å². The molecule has 0 unspecified atom stereocenters. The van der Waals surface area contributed by atoms with Crippen molar-refractivity contribution in [1.29, 1.82) is 0 Å². The fourth-order valence-electron chi connectivity index (χ4n) is 5.13. The first kappa shape index (κ1) is 25.0. The predicted octanol–water partition coefficient (Wildman–Crippen LogP) is 6.68. The SMILES string of the molecule is COC(=O)C[C@@H]1COc2cc(O[C@@H]3CCc4c3ccc(C(F)(F)F)c4Cc3ccc(F)cc3F)ccc21. The number of methoxy groups -OCH3 is 1. The van der Waals surface area contributed by atoms with Crippen LogP contribution in [0.1, 0.15) is 58.2 Å². The Balaban J connectivity index is 1.42. The van der Waals surface area contributed by atoms with Gasteiger partial charge in [0.2, 0.25) is 0 Å². The average Bonchev–Trinajstić information content (AvgIpc) is 3.44. The minimum Gasteiger partial charge on any atom is -0.492 e. The third-order valence-electron chi connectivity index (χ3n) is 6.94. The largest absolute Gasteiger partial charge is 0.492 e. The second-order valence-electron chi connectivity index (χ2n) is 9.20. The molecule has 0 N–H and O–H groups in total. The lowest BCUT2D eigenvalue weighted by molar-refractivity contribution is -0.141. The molecule has 0 bridgehead atoms. The van der Waals surface area contributed by atoms with Crippen LogP contribution in [0.5, 0.6) is 11.5 Å². The molecule has 37 heavy (non-hydrogen) atoms. The van der Waals surface area contributed by atoms with E-state index in [4.69, 9.17) is 14.2 Å². The molecule has 0 saturated carbocycles. The molecule has 3 aromatic carbocycles. The lowest BCUT2D eigenvalue weighted by Gasteiger charge is -2.20. The molecule has 1 aliphatic heterocycles. The predicted molar refractivity (Wildman–Crippen MR) is 124 cm³/mol. The van der Waals surface area contributed by atoms with E-state index in [0.717, 1.165) is 17.7 Å². The van der Waals surface area contributed by atoms with Crippen LogP contribution < -0.4 is 9.47 Å². The molecular formula is C28H23F5O4. The Labute approximate surface area is 210 Å². The Kier molecular flexibility index (Phi) is 6.56. The van der Waals surface area contributed by atoms with Gasteiger partial charge in [0, 0.05) is 30.0 Å². The Morgan fingerprint density at radius 2 is 1.84 bits per heavy atom. The maximum absolute atomic E-state index is 14.3. The monoisotopic (exact) mass is 518 g/mol. The highest BCUT2D eigenvalue weighted by Gasteiger charge is 2.38. The Morgan fingerprint density at radius 1 is 1.05 bits per heavy atom. The summed E-state index contributed by atoms with van der Waals surface area (Å²) in [6.07, 6.45) is -4.48. The molecule has 194 valence electrons.